The van der Waals surface area contributed by atoms with Crippen LogP contribution in [0.5, 0.6) is 5.75 Å². The van der Waals surface area contributed by atoms with Gasteiger partial charge in [-0.1, -0.05) is 0 Å². The summed E-state index contributed by atoms with van der Waals surface area (Å²) in [5.41, 5.74) is 2.99. The maximum absolute atomic E-state index is 9.70. The summed E-state index contributed by atoms with van der Waals surface area (Å²) in [6.45, 7) is 4.67. The van der Waals surface area contributed by atoms with Crippen molar-refractivity contribution in [2.75, 3.05) is 0 Å². The number of nitrogens with zero attached hydrogens (tertiary/aromatic N) is 1. The Morgan fingerprint density at radius 2 is 2.22 bits per heavy atom. The lowest BCUT2D eigenvalue weighted by Gasteiger charge is -2.13. The van der Waals surface area contributed by atoms with Gasteiger partial charge in [-0.2, -0.15) is 11.3 Å². The number of rotatable bonds is 5. The molecule has 0 aliphatic heterocycles. The molecule has 0 saturated carbocycles. The molecule has 0 bridgehead atoms. The summed E-state index contributed by atoms with van der Waals surface area (Å²) in [5, 5.41) is 17.4. The summed E-state index contributed by atoms with van der Waals surface area (Å²) in [6.07, 6.45) is 0.996. The van der Waals surface area contributed by atoms with Crippen LogP contribution < -0.4 is 5.32 Å². The van der Waals surface area contributed by atoms with Gasteiger partial charge in [0.15, 0.2) is 0 Å². The molecule has 0 saturated heterocycles. The van der Waals surface area contributed by atoms with E-state index in [9.17, 15) is 5.11 Å². The van der Waals surface area contributed by atoms with Gasteiger partial charge >= 0.3 is 0 Å². The quantitative estimate of drug-likeness (QED) is 0.871. The summed E-state index contributed by atoms with van der Waals surface area (Å²) >= 11 is 1.72. The molecular formula is C14H18N2OS. The van der Waals surface area contributed by atoms with E-state index in [1.54, 1.807) is 17.4 Å². The van der Waals surface area contributed by atoms with Crippen LogP contribution in [0.15, 0.2) is 29.0 Å². The monoisotopic (exact) mass is 262 g/mol. The molecule has 2 aromatic heterocycles. The predicted octanol–water partition coefficient (Wildman–Crippen LogP) is 2.88. The second kappa shape index (κ2) is 5.98. The zero-order valence-electron chi connectivity index (χ0n) is 10.7. The van der Waals surface area contributed by atoms with Gasteiger partial charge in [-0.3, -0.25) is 4.98 Å². The Morgan fingerprint density at radius 1 is 1.39 bits per heavy atom. The highest BCUT2D eigenvalue weighted by atomic mass is 32.1. The third-order valence-electron chi connectivity index (χ3n) is 2.83. The second-order valence-corrected chi connectivity index (χ2v) is 5.32. The summed E-state index contributed by atoms with van der Waals surface area (Å²) in [7, 11) is 0. The van der Waals surface area contributed by atoms with Crippen molar-refractivity contribution in [3.8, 4) is 5.75 Å². The van der Waals surface area contributed by atoms with Crippen molar-refractivity contribution >= 4 is 11.3 Å². The Balaban J connectivity index is 1.89. The molecule has 0 fully saturated rings. The minimum absolute atomic E-state index is 0.260. The lowest BCUT2D eigenvalue weighted by atomic mass is 10.1. The highest BCUT2D eigenvalue weighted by Crippen LogP contribution is 2.15. The molecule has 0 spiro atoms. The minimum atomic E-state index is 0.260. The van der Waals surface area contributed by atoms with Crippen LogP contribution in [0.2, 0.25) is 0 Å². The van der Waals surface area contributed by atoms with Gasteiger partial charge in [0.1, 0.15) is 5.75 Å². The molecule has 0 aromatic carbocycles. The van der Waals surface area contributed by atoms with Gasteiger partial charge in [-0.25, -0.2) is 0 Å². The zero-order chi connectivity index (χ0) is 13.0. The fourth-order valence-electron chi connectivity index (χ4n) is 1.84. The first-order valence-electron chi connectivity index (χ1n) is 6.05. The Labute approximate surface area is 112 Å². The molecule has 4 heteroatoms. The van der Waals surface area contributed by atoms with Gasteiger partial charge in [0.05, 0.1) is 5.69 Å². The molecule has 0 radical (unpaired) electrons. The van der Waals surface area contributed by atoms with Crippen LogP contribution in [0, 0.1) is 6.92 Å². The highest BCUT2D eigenvalue weighted by molar-refractivity contribution is 7.07. The van der Waals surface area contributed by atoms with E-state index < -0.39 is 0 Å². The topological polar surface area (TPSA) is 45.1 Å². The average Bonchev–Trinajstić information content (AvgIpc) is 2.83. The number of aryl methyl sites for hydroxylation is 1. The van der Waals surface area contributed by atoms with Crippen LogP contribution in [0.1, 0.15) is 23.9 Å². The normalized spacial score (nSPS) is 12.6. The van der Waals surface area contributed by atoms with Crippen molar-refractivity contribution in [1.82, 2.24) is 10.3 Å². The number of pyridine rings is 1. The van der Waals surface area contributed by atoms with Crippen molar-refractivity contribution in [3.05, 3.63) is 45.9 Å². The van der Waals surface area contributed by atoms with Gasteiger partial charge in [0.25, 0.3) is 0 Å². The number of aromatic nitrogens is 1. The van der Waals surface area contributed by atoms with Crippen LogP contribution in [-0.4, -0.2) is 16.1 Å². The molecule has 3 nitrogen and oxygen atoms in total. The fourth-order valence-corrected chi connectivity index (χ4v) is 2.52. The molecule has 2 N–H and O–H groups in total. The van der Waals surface area contributed by atoms with Gasteiger partial charge in [-0.15, -0.1) is 0 Å². The van der Waals surface area contributed by atoms with Crippen molar-refractivity contribution in [3.63, 3.8) is 0 Å². The van der Waals surface area contributed by atoms with Crippen molar-refractivity contribution < 1.29 is 5.11 Å². The van der Waals surface area contributed by atoms with Crippen molar-refractivity contribution in [1.29, 1.82) is 0 Å². The molecule has 0 aliphatic rings. The Kier molecular flexibility index (Phi) is 4.33. The average molecular weight is 262 g/mol. The molecule has 1 unspecified atom stereocenters. The number of hydrogen-bond acceptors (Lipinski definition) is 4. The minimum Gasteiger partial charge on any atom is -0.506 e. The first-order valence-corrected chi connectivity index (χ1v) is 6.99. The Morgan fingerprint density at radius 3 is 2.94 bits per heavy atom. The molecule has 1 atom stereocenters. The molecule has 0 amide bonds. The smallest absolute Gasteiger partial charge is 0.138 e. The van der Waals surface area contributed by atoms with E-state index in [1.165, 1.54) is 5.56 Å². The van der Waals surface area contributed by atoms with Crippen LogP contribution in [0.4, 0.5) is 0 Å². The number of hydrogen-bond donors (Lipinski definition) is 2. The van der Waals surface area contributed by atoms with Crippen LogP contribution in [0.25, 0.3) is 0 Å². The number of thiophene rings is 1. The number of aromatic hydroxyl groups is 1. The highest BCUT2D eigenvalue weighted by Gasteiger charge is 2.07. The van der Waals surface area contributed by atoms with E-state index in [0.29, 0.717) is 18.3 Å². The van der Waals surface area contributed by atoms with E-state index in [1.807, 2.05) is 13.0 Å². The lowest BCUT2D eigenvalue weighted by Crippen LogP contribution is -2.27. The lowest BCUT2D eigenvalue weighted by molar-refractivity contribution is 0.452. The first kappa shape index (κ1) is 13.1. The van der Waals surface area contributed by atoms with Crippen molar-refractivity contribution in [2.45, 2.75) is 32.9 Å². The molecule has 18 heavy (non-hydrogen) atoms. The molecule has 2 rings (SSSR count). The summed E-state index contributed by atoms with van der Waals surface area (Å²) < 4.78 is 0. The van der Waals surface area contributed by atoms with Crippen LogP contribution >= 0.6 is 11.3 Å². The van der Waals surface area contributed by atoms with Crippen LogP contribution in [0.3, 0.4) is 0 Å². The summed E-state index contributed by atoms with van der Waals surface area (Å²) in [6, 6.07) is 6.02. The predicted molar refractivity (Wildman–Crippen MR) is 75.0 cm³/mol. The summed E-state index contributed by atoms with van der Waals surface area (Å²) in [4.78, 5) is 4.33. The first-order chi connectivity index (χ1) is 8.65. The maximum atomic E-state index is 9.70. The number of nitrogens with one attached hydrogen (secondary N) is 1. The molecule has 2 aromatic rings. The maximum Gasteiger partial charge on any atom is 0.138 e. The van der Waals surface area contributed by atoms with E-state index >= 15 is 0 Å². The molecule has 96 valence electrons. The van der Waals surface area contributed by atoms with Gasteiger partial charge in [0, 0.05) is 18.3 Å². The van der Waals surface area contributed by atoms with Gasteiger partial charge in [0.2, 0.25) is 0 Å². The van der Waals surface area contributed by atoms with E-state index in [0.717, 1.165) is 12.1 Å². The Hall–Kier alpha value is -1.39. The molecular weight excluding hydrogens is 244 g/mol. The van der Waals surface area contributed by atoms with E-state index in [2.05, 4.69) is 34.1 Å². The standard InChI is InChI=1S/C14H18N2OS/c1-10-3-4-14(17)13(16-10)8-15-11(2)7-12-5-6-18-9-12/h3-6,9,11,15,17H,7-8H2,1-2H3. The van der Waals surface area contributed by atoms with Crippen LogP contribution in [-0.2, 0) is 13.0 Å². The van der Waals surface area contributed by atoms with E-state index in [4.69, 9.17) is 0 Å². The van der Waals surface area contributed by atoms with E-state index in [-0.39, 0.29) is 5.75 Å². The van der Waals surface area contributed by atoms with Gasteiger partial charge < -0.3 is 10.4 Å². The SMILES string of the molecule is Cc1ccc(O)c(CNC(C)Cc2ccsc2)n1. The summed E-state index contributed by atoms with van der Waals surface area (Å²) in [5.74, 6) is 0.260. The zero-order valence-corrected chi connectivity index (χ0v) is 11.5. The second-order valence-electron chi connectivity index (χ2n) is 4.54. The largest absolute Gasteiger partial charge is 0.506 e. The van der Waals surface area contributed by atoms with Crippen molar-refractivity contribution in [2.24, 2.45) is 0 Å². The van der Waals surface area contributed by atoms with Gasteiger partial charge in [-0.05, 0) is 54.8 Å². The third-order valence-corrected chi connectivity index (χ3v) is 3.56. The Bertz CT molecular complexity index is 497. The fraction of sp³-hybridized carbons (Fsp3) is 0.357. The molecule has 0 aliphatic carbocycles. The molecule has 2 heterocycles. The third kappa shape index (κ3) is 3.55.